The van der Waals surface area contributed by atoms with E-state index in [1.54, 1.807) is 19.1 Å². The van der Waals surface area contributed by atoms with Crippen LogP contribution in [-0.4, -0.2) is 19.2 Å². The van der Waals surface area contributed by atoms with Gasteiger partial charge in [-0.3, -0.25) is 0 Å². The van der Waals surface area contributed by atoms with Crippen LogP contribution in [0.4, 0.5) is 4.39 Å². The molecule has 1 aromatic rings. The molecule has 0 aromatic heterocycles. The van der Waals surface area contributed by atoms with Crippen LogP contribution >= 0.6 is 0 Å². The molecular formula is C10H11FNO. The van der Waals surface area contributed by atoms with Crippen molar-refractivity contribution < 1.29 is 9.13 Å². The second-order valence-electron chi connectivity index (χ2n) is 3.24. The predicted molar refractivity (Wildman–Crippen MR) is 47.4 cm³/mol. The van der Waals surface area contributed by atoms with Crippen molar-refractivity contribution in [1.29, 1.82) is 0 Å². The molecule has 0 amide bonds. The number of hydrogen-bond acceptors (Lipinski definition) is 1. The van der Waals surface area contributed by atoms with Gasteiger partial charge in [0.25, 0.3) is 0 Å². The summed E-state index contributed by atoms with van der Waals surface area (Å²) in [5, 5.41) is 4.04. The summed E-state index contributed by atoms with van der Waals surface area (Å²) in [4.78, 5) is 0. The maximum atomic E-state index is 12.9. The van der Waals surface area contributed by atoms with Crippen LogP contribution in [0, 0.1) is 12.7 Å². The summed E-state index contributed by atoms with van der Waals surface area (Å²) in [5.41, 5.74) is 0.619. The van der Waals surface area contributed by atoms with E-state index in [4.69, 9.17) is 4.74 Å². The van der Waals surface area contributed by atoms with Gasteiger partial charge >= 0.3 is 0 Å². The number of rotatable bonds is 2. The largest absolute Gasteiger partial charge is 0.488 e. The van der Waals surface area contributed by atoms with Gasteiger partial charge in [-0.15, -0.1) is 0 Å². The molecule has 0 saturated carbocycles. The van der Waals surface area contributed by atoms with E-state index in [2.05, 4.69) is 5.32 Å². The van der Waals surface area contributed by atoms with Crippen LogP contribution in [0.15, 0.2) is 18.2 Å². The van der Waals surface area contributed by atoms with E-state index < -0.39 is 0 Å². The fourth-order valence-electron chi connectivity index (χ4n) is 1.19. The zero-order valence-electron chi connectivity index (χ0n) is 7.46. The molecule has 1 aromatic carbocycles. The molecule has 1 aliphatic rings. The Labute approximate surface area is 76.7 Å². The molecule has 3 heteroatoms. The van der Waals surface area contributed by atoms with Gasteiger partial charge in [-0.2, -0.15) is 0 Å². The van der Waals surface area contributed by atoms with Gasteiger partial charge in [0, 0.05) is 0 Å². The molecule has 13 heavy (non-hydrogen) atoms. The van der Waals surface area contributed by atoms with E-state index in [9.17, 15) is 4.39 Å². The third kappa shape index (κ3) is 1.80. The van der Waals surface area contributed by atoms with Crippen LogP contribution in [0.1, 0.15) is 5.56 Å². The van der Waals surface area contributed by atoms with Crippen LogP contribution in [-0.2, 0) is 0 Å². The van der Waals surface area contributed by atoms with Crippen LogP contribution in [0.5, 0.6) is 5.75 Å². The number of hydrogen-bond donors (Lipinski definition) is 0. The third-order valence-electron chi connectivity index (χ3n) is 2.10. The molecule has 0 spiro atoms. The van der Waals surface area contributed by atoms with Crippen LogP contribution in [0.3, 0.4) is 0 Å². The highest BCUT2D eigenvalue weighted by Gasteiger charge is 2.19. The minimum atomic E-state index is -0.189. The minimum Gasteiger partial charge on any atom is -0.488 e. The summed E-state index contributed by atoms with van der Waals surface area (Å²) >= 11 is 0. The zero-order valence-corrected chi connectivity index (χ0v) is 7.46. The molecule has 0 atom stereocenters. The molecule has 1 heterocycles. The SMILES string of the molecule is Cc1cc(OC2C[N]C2)ccc1F. The fraction of sp³-hybridized carbons (Fsp3) is 0.400. The first-order chi connectivity index (χ1) is 6.25. The number of halogens is 1. The maximum Gasteiger partial charge on any atom is 0.127 e. The zero-order chi connectivity index (χ0) is 9.26. The van der Waals surface area contributed by atoms with Crippen molar-refractivity contribution >= 4 is 0 Å². The lowest BCUT2D eigenvalue weighted by atomic mass is 10.2. The number of benzene rings is 1. The Morgan fingerprint density at radius 1 is 1.46 bits per heavy atom. The lowest BCUT2D eigenvalue weighted by molar-refractivity contribution is 0.138. The van der Waals surface area contributed by atoms with Crippen molar-refractivity contribution in [3.05, 3.63) is 29.6 Å². The molecule has 2 rings (SSSR count). The Kier molecular flexibility index (Phi) is 2.19. The van der Waals surface area contributed by atoms with E-state index in [-0.39, 0.29) is 11.9 Å². The quantitative estimate of drug-likeness (QED) is 0.676. The maximum absolute atomic E-state index is 12.9. The molecule has 1 radical (unpaired) electrons. The van der Waals surface area contributed by atoms with Gasteiger partial charge in [-0.05, 0) is 30.7 Å². The molecule has 1 saturated heterocycles. The first kappa shape index (κ1) is 8.51. The summed E-state index contributed by atoms with van der Waals surface area (Å²) < 4.78 is 18.4. The van der Waals surface area contributed by atoms with Gasteiger partial charge in [0.1, 0.15) is 17.7 Å². The van der Waals surface area contributed by atoms with Gasteiger partial charge in [0.05, 0.1) is 13.1 Å². The van der Waals surface area contributed by atoms with Gasteiger partial charge in [-0.1, -0.05) is 0 Å². The highest BCUT2D eigenvalue weighted by atomic mass is 19.1. The van der Waals surface area contributed by atoms with Crippen molar-refractivity contribution in [3.8, 4) is 5.75 Å². The molecule has 0 bridgehead atoms. The van der Waals surface area contributed by atoms with Crippen molar-refractivity contribution in [3.63, 3.8) is 0 Å². The first-order valence-corrected chi connectivity index (χ1v) is 4.32. The predicted octanol–water partition coefficient (Wildman–Crippen LogP) is 1.50. The normalized spacial score (nSPS) is 16.8. The number of ether oxygens (including phenoxy) is 1. The molecule has 1 aliphatic heterocycles. The monoisotopic (exact) mass is 180 g/mol. The molecule has 0 N–H and O–H groups in total. The average Bonchev–Trinajstić information content (AvgIpc) is 2.04. The Balaban J connectivity index is 2.07. The van der Waals surface area contributed by atoms with E-state index in [1.807, 2.05) is 0 Å². The van der Waals surface area contributed by atoms with Crippen LogP contribution in [0.2, 0.25) is 0 Å². The first-order valence-electron chi connectivity index (χ1n) is 4.32. The molecule has 0 aliphatic carbocycles. The van der Waals surface area contributed by atoms with Crippen LogP contribution < -0.4 is 10.1 Å². The Morgan fingerprint density at radius 2 is 2.23 bits per heavy atom. The molecular weight excluding hydrogens is 169 g/mol. The molecule has 0 unspecified atom stereocenters. The fourth-order valence-corrected chi connectivity index (χ4v) is 1.19. The molecule has 2 nitrogen and oxygen atoms in total. The van der Waals surface area contributed by atoms with E-state index >= 15 is 0 Å². The Bertz CT molecular complexity index is 310. The average molecular weight is 180 g/mol. The minimum absolute atomic E-state index is 0.189. The summed E-state index contributed by atoms with van der Waals surface area (Å²) in [7, 11) is 0. The van der Waals surface area contributed by atoms with Gasteiger partial charge in [-0.25, -0.2) is 9.71 Å². The van der Waals surface area contributed by atoms with E-state index in [0.717, 1.165) is 18.8 Å². The smallest absolute Gasteiger partial charge is 0.127 e. The Hall–Kier alpha value is -1.09. The Morgan fingerprint density at radius 3 is 2.77 bits per heavy atom. The van der Waals surface area contributed by atoms with E-state index in [1.165, 1.54) is 6.07 Å². The van der Waals surface area contributed by atoms with Gasteiger partial charge < -0.3 is 4.74 Å². The topological polar surface area (TPSA) is 23.3 Å². The number of aryl methyl sites for hydroxylation is 1. The van der Waals surface area contributed by atoms with Crippen molar-refractivity contribution in [2.45, 2.75) is 13.0 Å². The van der Waals surface area contributed by atoms with Crippen molar-refractivity contribution in [2.24, 2.45) is 0 Å². The summed E-state index contributed by atoms with van der Waals surface area (Å²) in [5.74, 6) is 0.546. The molecule has 1 fully saturated rings. The highest BCUT2D eigenvalue weighted by molar-refractivity contribution is 5.29. The van der Waals surface area contributed by atoms with Crippen LogP contribution in [0.25, 0.3) is 0 Å². The summed E-state index contributed by atoms with van der Waals surface area (Å²) in [6, 6.07) is 4.80. The summed E-state index contributed by atoms with van der Waals surface area (Å²) in [6.45, 7) is 3.25. The van der Waals surface area contributed by atoms with Crippen molar-refractivity contribution in [1.82, 2.24) is 5.32 Å². The third-order valence-corrected chi connectivity index (χ3v) is 2.10. The lowest BCUT2D eigenvalue weighted by Gasteiger charge is -2.26. The van der Waals surface area contributed by atoms with Crippen molar-refractivity contribution in [2.75, 3.05) is 13.1 Å². The highest BCUT2D eigenvalue weighted by Crippen LogP contribution is 2.18. The molecule has 69 valence electrons. The summed E-state index contributed by atoms with van der Waals surface area (Å²) in [6.07, 6.45) is 0.199. The standard InChI is InChI=1S/C10H11FNO/c1-7-4-8(2-3-10(7)11)13-9-5-12-6-9/h2-4,9H,5-6H2,1H3. The van der Waals surface area contributed by atoms with E-state index in [0.29, 0.717) is 5.56 Å². The van der Waals surface area contributed by atoms with Gasteiger partial charge in [0.15, 0.2) is 0 Å². The number of nitrogens with zero attached hydrogens (tertiary/aromatic N) is 1. The second-order valence-corrected chi connectivity index (χ2v) is 3.24. The lowest BCUT2D eigenvalue weighted by Crippen LogP contribution is -2.45. The van der Waals surface area contributed by atoms with Gasteiger partial charge in [0.2, 0.25) is 0 Å². The second kappa shape index (κ2) is 3.34.